The highest BCUT2D eigenvalue weighted by atomic mass is 32.2. The first-order valence-corrected chi connectivity index (χ1v) is 12.0. The number of pyridine rings is 1. The molecule has 7 nitrogen and oxygen atoms in total. The van der Waals surface area contributed by atoms with Gasteiger partial charge in [0.2, 0.25) is 0 Å². The molecule has 1 saturated heterocycles. The fraction of sp³-hybridized carbons (Fsp3) is 0.250. The van der Waals surface area contributed by atoms with Gasteiger partial charge in [0.05, 0.1) is 16.8 Å². The predicted octanol–water partition coefficient (Wildman–Crippen LogP) is 4.35. The molecule has 2 N–H and O–H groups in total. The smallest absolute Gasteiger partial charge is 0.261 e. The van der Waals surface area contributed by atoms with Gasteiger partial charge in [-0.15, -0.1) is 0 Å². The Morgan fingerprint density at radius 2 is 1.59 bits per heavy atom. The standard InChI is InChI=1S/C24H26N4O3S/c1-17-5-11-22(15-18(17)2)32(30,31)27-20-8-6-19(7-9-20)24(29)26-21-10-12-23(25-16-21)28-13-3-4-14-28/h5-12,15-16,27H,3-4,13-14H2,1-2H3,(H,26,29). The number of carbonyl (C=O) groups excluding carboxylic acids is 1. The van der Waals surface area contributed by atoms with Crippen LogP contribution in [0.1, 0.15) is 34.3 Å². The maximum absolute atomic E-state index is 12.6. The van der Waals surface area contributed by atoms with E-state index in [9.17, 15) is 13.2 Å². The van der Waals surface area contributed by atoms with Gasteiger partial charge in [-0.3, -0.25) is 9.52 Å². The van der Waals surface area contributed by atoms with Crippen LogP contribution in [0.25, 0.3) is 0 Å². The minimum Gasteiger partial charge on any atom is -0.357 e. The maximum Gasteiger partial charge on any atom is 0.261 e. The molecule has 1 fully saturated rings. The van der Waals surface area contributed by atoms with E-state index >= 15 is 0 Å². The average Bonchev–Trinajstić information content (AvgIpc) is 3.31. The van der Waals surface area contributed by atoms with Crippen molar-refractivity contribution >= 4 is 33.1 Å². The zero-order valence-electron chi connectivity index (χ0n) is 18.1. The molecule has 32 heavy (non-hydrogen) atoms. The number of carbonyl (C=O) groups is 1. The molecule has 8 heteroatoms. The van der Waals surface area contributed by atoms with Crippen molar-refractivity contribution < 1.29 is 13.2 Å². The van der Waals surface area contributed by atoms with Crippen LogP contribution < -0.4 is 14.9 Å². The largest absolute Gasteiger partial charge is 0.357 e. The van der Waals surface area contributed by atoms with Gasteiger partial charge < -0.3 is 10.2 Å². The highest BCUT2D eigenvalue weighted by Crippen LogP contribution is 2.21. The van der Waals surface area contributed by atoms with Crippen LogP contribution >= 0.6 is 0 Å². The fourth-order valence-electron chi connectivity index (χ4n) is 3.58. The Balaban J connectivity index is 1.40. The van der Waals surface area contributed by atoms with Gasteiger partial charge in [-0.05, 0) is 86.3 Å². The zero-order valence-corrected chi connectivity index (χ0v) is 18.9. The lowest BCUT2D eigenvalue weighted by Gasteiger charge is -2.16. The Bertz CT molecular complexity index is 1220. The molecule has 2 aromatic carbocycles. The SMILES string of the molecule is Cc1ccc(S(=O)(=O)Nc2ccc(C(=O)Nc3ccc(N4CCCC4)nc3)cc2)cc1C. The van der Waals surface area contributed by atoms with Crippen LogP contribution in [0.5, 0.6) is 0 Å². The molecule has 0 radical (unpaired) electrons. The molecule has 166 valence electrons. The Morgan fingerprint density at radius 3 is 2.22 bits per heavy atom. The highest BCUT2D eigenvalue weighted by molar-refractivity contribution is 7.92. The molecular formula is C24H26N4O3S. The van der Waals surface area contributed by atoms with Gasteiger partial charge in [0.15, 0.2) is 0 Å². The van der Waals surface area contributed by atoms with Crippen molar-refractivity contribution in [3.63, 3.8) is 0 Å². The molecule has 0 unspecified atom stereocenters. The van der Waals surface area contributed by atoms with Crippen molar-refractivity contribution in [1.82, 2.24) is 4.98 Å². The van der Waals surface area contributed by atoms with E-state index in [2.05, 4.69) is 19.9 Å². The number of hydrogen-bond acceptors (Lipinski definition) is 5. The quantitative estimate of drug-likeness (QED) is 0.583. The topological polar surface area (TPSA) is 91.4 Å². The number of amides is 1. The van der Waals surface area contributed by atoms with Crippen LogP contribution in [0, 0.1) is 13.8 Å². The second-order valence-electron chi connectivity index (χ2n) is 7.98. The number of nitrogens with one attached hydrogen (secondary N) is 2. The Morgan fingerprint density at radius 1 is 0.906 bits per heavy atom. The summed E-state index contributed by atoms with van der Waals surface area (Å²) in [5.41, 5.74) is 3.35. The van der Waals surface area contributed by atoms with Crippen LogP contribution in [0.2, 0.25) is 0 Å². The minimum atomic E-state index is -3.71. The van der Waals surface area contributed by atoms with Gasteiger partial charge in [-0.2, -0.15) is 0 Å². The van der Waals surface area contributed by atoms with E-state index in [1.54, 1.807) is 48.7 Å². The summed E-state index contributed by atoms with van der Waals surface area (Å²) in [6.07, 6.45) is 4.01. The van der Waals surface area contributed by atoms with Crippen molar-refractivity contribution in [1.29, 1.82) is 0 Å². The summed E-state index contributed by atoms with van der Waals surface area (Å²) < 4.78 is 27.9. The molecule has 0 spiro atoms. The molecule has 1 aliphatic heterocycles. The molecule has 4 rings (SSSR count). The fourth-order valence-corrected chi connectivity index (χ4v) is 4.72. The summed E-state index contributed by atoms with van der Waals surface area (Å²) in [6.45, 7) is 5.83. The van der Waals surface area contributed by atoms with Gasteiger partial charge >= 0.3 is 0 Å². The van der Waals surface area contributed by atoms with Crippen LogP contribution in [-0.4, -0.2) is 32.4 Å². The Hall–Kier alpha value is -3.39. The Kier molecular flexibility index (Phi) is 6.14. The molecule has 3 aromatic rings. The molecule has 0 bridgehead atoms. The van der Waals surface area contributed by atoms with Crippen molar-refractivity contribution in [3.8, 4) is 0 Å². The third-order valence-electron chi connectivity index (χ3n) is 5.62. The van der Waals surface area contributed by atoms with E-state index in [0.717, 1.165) is 30.0 Å². The molecule has 1 amide bonds. The minimum absolute atomic E-state index is 0.201. The predicted molar refractivity (Wildman–Crippen MR) is 127 cm³/mol. The third-order valence-corrected chi connectivity index (χ3v) is 7.00. The van der Waals surface area contributed by atoms with Crippen LogP contribution in [0.4, 0.5) is 17.2 Å². The van der Waals surface area contributed by atoms with Crippen LogP contribution in [-0.2, 0) is 10.0 Å². The molecule has 0 atom stereocenters. The Labute approximate surface area is 188 Å². The number of hydrogen-bond donors (Lipinski definition) is 2. The number of rotatable bonds is 6. The van der Waals surface area contributed by atoms with E-state index in [1.807, 2.05) is 26.0 Å². The molecule has 2 heterocycles. The number of sulfonamides is 1. The summed E-state index contributed by atoms with van der Waals surface area (Å²) in [4.78, 5) is 19.4. The second kappa shape index (κ2) is 9.00. The van der Waals surface area contributed by atoms with Gasteiger partial charge in [0.25, 0.3) is 15.9 Å². The number of aryl methyl sites for hydroxylation is 2. The highest BCUT2D eigenvalue weighted by Gasteiger charge is 2.16. The first-order valence-electron chi connectivity index (χ1n) is 10.5. The van der Waals surface area contributed by atoms with E-state index in [0.29, 0.717) is 16.9 Å². The number of aromatic nitrogens is 1. The summed E-state index contributed by atoms with van der Waals surface area (Å²) in [6, 6.07) is 15.1. The van der Waals surface area contributed by atoms with Crippen LogP contribution in [0.3, 0.4) is 0 Å². The second-order valence-corrected chi connectivity index (χ2v) is 9.66. The van der Waals surface area contributed by atoms with Gasteiger partial charge in [-0.25, -0.2) is 13.4 Å². The zero-order chi connectivity index (χ0) is 22.7. The van der Waals surface area contributed by atoms with E-state index in [1.165, 1.54) is 12.8 Å². The first-order chi connectivity index (χ1) is 15.3. The first kappa shape index (κ1) is 21.8. The van der Waals surface area contributed by atoms with Gasteiger partial charge in [0, 0.05) is 24.3 Å². The summed E-state index contributed by atoms with van der Waals surface area (Å²) in [7, 11) is -3.71. The molecule has 1 aromatic heterocycles. The van der Waals surface area contributed by atoms with Gasteiger partial charge in [-0.1, -0.05) is 6.07 Å². The normalized spacial score (nSPS) is 13.8. The van der Waals surface area contributed by atoms with E-state index < -0.39 is 10.0 Å². The number of nitrogens with zero attached hydrogens (tertiary/aromatic N) is 2. The van der Waals surface area contributed by atoms with Crippen molar-refractivity contribution in [2.75, 3.05) is 28.0 Å². The lowest BCUT2D eigenvalue weighted by atomic mass is 10.1. The van der Waals surface area contributed by atoms with Crippen LogP contribution in [0.15, 0.2) is 65.7 Å². The molecular weight excluding hydrogens is 424 g/mol. The summed E-state index contributed by atoms with van der Waals surface area (Å²) in [5, 5.41) is 2.82. The van der Waals surface area contributed by atoms with E-state index in [-0.39, 0.29) is 10.8 Å². The van der Waals surface area contributed by atoms with Crippen molar-refractivity contribution in [2.45, 2.75) is 31.6 Å². The lowest BCUT2D eigenvalue weighted by molar-refractivity contribution is 0.102. The van der Waals surface area contributed by atoms with Crippen molar-refractivity contribution in [3.05, 3.63) is 77.5 Å². The van der Waals surface area contributed by atoms with Gasteiger partial charge in [0.1, 0.15) is 5.82 Å². The van der Waals surface area contributed by atoms with Crippen molar-refractivity contribution in [2.24, 2.45) is 0 Å². The monoisotopic (exact) mass is 450 g/mol. The third kappa shape index (κ3) is 4.91. The maximum atomic E-state index is 12.6. The number of benzene rings is 2. The lowest BCUT2D eigenvalue weighted by Crippen LogP contribution is -2.19. The molecule has 1 aliphatic rings. The van der Waals surface area contributed by atoms with E-state index in [4.69, 9.17) is 0 Å². The summed E-state index contributed by atoms with van der Waals surface area (Å²) in [5.74, 6) is 0.630. The summed E-state index contributed by atoms with van der Waals surface area (Å²) >= 11 is 0. The number of anilines is 3. The molecule has 0 aliphatic carbocycles. The average molecular weight is 451 g/mol. The molecule has 0 saturated carbocycles.